The van der Waals surface area contributed by atoms with Crippen molar-refractivity contribution in [2.45, 2.75) is 32.3 Å². The van der Waals surface area contributed by atoms with Crippen molar-refractivity contribution in [2.75, 3.05) is 13.2 Å². The molecule has 0 aromatic carbocycles. The molecule has 96 valence electrons. The van der Waals surface area contributed by atoms with Gasteiger partial charge in [0.1, 0.15) is 11.5 Å². The molecule has 0 saturated heterocycles. The Hall–Kier alpha value is -0.910. The number of hydrogen-bond donors (Lipinski definition) is 2. The van der Waals surface area contributed by atoms with Crippen LogP contribution in [0.4, 0.5) is 0 Å². The molecule has 4 nitrogen and oxygen atoms in total. The van der Waals surface area contributed by atoms with E-state index >= 15 is 0 Å². The van der Waals surface area contributed by atoms with Crippen molar-refractivity contribution in [3.05, 3.63) is 21.9 Å². The number of hydrogen-bond acceptors (Lipinski definition) is 5. The summed E-state index contributed by atoms with van der Waals surface area (Å²) in [4.78, 5) is 13.3. The minimum Gasteiger partial charge on any atom is -0.459 e. The minimum atomic E-state index is -0.793. The second-order valence-electron chi connectivity index (χ2n) is 3.78. The number of esters is 1. The van der Waals surface area contributed by atoms with Crippen LogP contribution in [0.25, 0.3) is 0 Å². The lowest BCUT2D eigenvalue weighted by Gasteiger charge is -2.08. The fourth-order valence-corrected chi connectivity index (χ4v) is 2.35. The summed E-state index contributed by atoms with van der Waals surface area (Å²) in [5.41, 5.74) is 0. The van der Waals surface area contributed by atoms with Crippen molar-refractivity contribution in [3.8, 4) is 0 Å². The molecule has 1 aromatic rings. The van der Waals surface area contributed by atoms with E-state index in [1.807, 2.05) is 6.07 Å². The van der Waals surface area contributed by atoms with Crippen LogP contribution in [0.1, 0.15) is 34.3 Å². The topological polar surface area (TPSA) is 66.8 Å². The molecule has 0 fully saturated rings. The lowest BCUT2D eigenvalue weighted by molar-refractivity contribution is 0.0201. The smallest absolute Gasteiger partial charge is 0.348 e. The third-order valence-electron chi connectivity index (χ3n) is 2.23. The minimum absolute atomic E-state index is 0.0690. The highest BCUT2D eigenvalue weighted by Crippen LogP contribution is 2.18. The average molecular weight is 258 g/mol. The molecular weight excluding hydrogens is 240 g/mol. The van der Waals surface area contributed by atoms with E-state index in [1.54, 1.807) is 6.07 Å². The highest BCUT2D eigenvalue weighted by Gasteiger charge is 2.12. The van der Waals surface area contributed by atoms with Crippen molar-refractivity contribution in [2.24, 2.45) is 0 Å². The van der Waals surface area contributed by atoms with Gasteiger partial charge < -0.3 is 14.9 Å². The van der Waals surface area contributed by atoms with Gasteiger partial charge in [0.25, 0.3) is 0 Å². The second-order valence-corrected chi connectivity index (χ2v) is 4.95. The van der Waals surface area contributed by atoms with Crippen LogP contribution >= 0.6 is 11.3 Å². The number of rotatable bonds is 7. The van der Waals surface area contributed by atoms with Crippen LogP contribution in [0, 0.1) is 0 Å². The van der Waals surface area contributed by atoms with Crippen molar-refractivity contribution in [3.63, 3.8) is 0 Å². The summed E-state index contributed by atoms with van der Waals surface area (Å²) in [6.07, 6.45) is 1.44. The maximum atomic E-state index is 11.6. The molecule has 1 aromatic heterocycles. The first kappa shape index (κ1) is 14.2. The van der Waals surface area contributed by atoms with Crippen molar-refractivity contribution in [1.82, 2.24) is 0 Å². The molecule has 0 radical (unpaired) electrons. The number of carbonyl (C=O) groups is 1. The molecule has 2 N–H and O–H groups in total. The molecule has 0 amide bonds. The molecule has 0 spiro atoms. The summed E-state index contributed by atoms with van der Waals surface area (Å²) >= 11 is 1.43. The first-order chi connectivity index (χ1) is 8.17. The van der Waals surface area contributed by atoms with Gasteiger partial charge in [0.2, 0.25) is 0 Å². The van der Waals surface area contributed by atoms with E-state index in [1.165, 1.54) is 11.3 Å². The van der Waals surface area contributed by atoms with Crippen molar-refractivity contribution in [1.29, 1.82) is 0 Å². The van der Waals surface area contributed by atoms with Gasteiger partial charge in [-0.2, -0.15) is 0 Å². The molecule has 1 atom stereocenters. The van der Waals surface area contributed by atoms with E-state index in [9.17, 15) is 9.90 Å². The SMILES string of the molecule is CCCc1ccc(C(=O)OCC(O)CCO)s1. The molecular formula is C12H18O4S. The van der Waals surface area contributed by atoms with Crippen LogP contribution in [0.5, 0.6) is 0 Å². The van der Waals surface area contributed by atoms with E-state index in [4.69, 9.17) is 9.84 Å². The number of thiophene rings is 1. The summed E-state index contributed by atoms with van der Waals surface area (Å²) in [6.45, 7) is 1.90. The van der Waals surface area contributed by atoms with E-state index < -0.39 is 12.1 Å². The number of aliphatic hydroxyl groups is 2. The Morgan fingerprint density at radius 1 is 1.53 bits per heavy atom. The van der Waals surface area contributed by atoms with Crippen molar-refractivity contribution >= 4 is 17.3 Å². The standard InChI is InChI=1S/C12H18O4S/c1-2-3-10-4-5-11(17-10)12(15)16-8-9(14)6-7-13/h4-5,9,13-14H,2-3,6-8H2,1H3. The molecule has 17 heavy (non-hydrogen) atoms. The number of aliphatic hydroxyl groups excluding tert-OH is 2. The van der Waals surface area contributed by atoms with E-state index in [0.717, 1.165) is 17.7 Å². The Balaban J connectivity index is 2.40. The van der Waals surface area contributed by atoms with E-state index in [2.05, 4.69) is 6.92 Å². The van der Waals surface area contributed by atoms with Crippen molar-refractivity contribution < 1.29 is 19.7 Å². The van der Waals surface area contributed by atoms with Gasteiger partial charge in [0, 0.05) is 11.5 Å². The summed E-state index contributed by atoms with van der Waals surface area (Å²) in [5, 5.41) is 17.9. The molecule has 1 rings (SSSR count). The Morgan fingerprint density at radius 2 is 2.29 bits per heavy atom. The van der Waals surface area contributed by atoms with Gasteiger partial charge in [-0.05, 0) is 25.0 Å². The lowest BCUT2D eigenvalue weighted by atomic mass is 10.3. The lowest BCUT2D eigenvalue weighted by Crippen LogP contribution is -2.19. The zero-order valence-electron chi connectivity index (χ0n) is 9.89. The van der Waals surface area contributed by atoms with Crippen LogP contribution in [0.2, 0.25) is 0 Å². The predicted octanol–water partition coefficient (Wildman–Crippen LogP) is 1.60. The average Bonchev–Trinajstić information content (AvgIpc) is 2.75. The Kier molecular flexibility index (Phi) is 6.18. The third kappa shape index (κ3) is 4.85. The molecule has 0 aliphatic heterocycles. The Bertz CT molecular complexity index is 348. The molecule has 5 heteroatoms. The summed E-state index contributed by atoms with van der Waals surface area (Å²) < 4.78 is 4.94. The molecule has 0 aliphatic rings. The van der Waals surface area contributed by atoms with Crippen LogP contribution in [0.3, 0.4) is 0 Å². The summed E-state index contributed by atoms with van der Waals surface area (Å²) in [5.74, 6) is -0.408. The third-order valence-corrected chi connectivity index (χ3v) is 3.35. The van der Waals surface area contributed by atoms with E-state index in [-0.39, 0.29) is 19.6 Å². The maximum Gasteiger partial charge on any atom is 0.348 e. The monoisotopic (exact) mass is 258 g/mol. The zero-order valence-corrected chi connectivity index (χ0v) is 10.7. The van der Waals surface area contributed by atoms with Gasteiger partial charge in [-0.15, -0.1) is 11.3 Å². The van der Waals surface area contributed by atoms with Gasteiger partial charge >= 0.3 is 5.97 Å². The van der Waals surface area contributed by atoms with E-state index in [0.29, 0.717) is 4.88 Å². The number of ether oxygens (including phenoxy) is 1. The highest BCUT2D eigenvalue weighted by atomic mass is 32.1. The van der Waals surface area contributed by atoms with Gasteiger partial charge in [-0.3, -0.25) is 0 Å². The van der Waals surface area contributed by atoms with Gasteiger partial charge in [-0.25, -0.2) is 4.79 Å². The first-order valence-corrected chi connectivity index (χ1v) is 6.53. The van der Waals surface area contributed by atoms with Gasteiger partial charge in [0.05, 0.1) is 6.10 Å². The number of carbonyl (C=O) groups excluding carboxylic acids is 1. The Labute approximate surface area is 105 Å². The highest BCUT2D eigenvalue weighted by molar-refractivity contribution is 7.13. The van der Waals surface area contributed by atoms with Crippen LogP contribution in [-0.4, -0.2) is 35.5 Å². The maximum absolute atomic E-state index is 11.6. The fraction of sp³-hybridized carbons (Fsp3) is 0.583. The second kappa shape index (κ2) is 7.42. The quantitative estimate of drug-likeness (QED) is 0.729. The summed E-state index contributed by atoms with van der Waals surface area (Å²) in [6, 6.07) is 3.67. The number of aryl methyl sites for hydroxylation is 1. The van der Waals surface area contributed by atoms with Crippen LogP contribution in [0.15, 0.2) is 12.1 Å². The zero-order chi connectivity index (χ0) is 12.7. The van der Waals surface area contributed by atoms with Gasteiger partial charge in [0.15, 0.2) is 0 Å². The largest absolute Gasteiger partial charge is 0.459 e. The van der Waals surface area contributed by atoms with Crippen LogP contribution in [-0.2, 0) is 11.2 Å². The molecule has 0 saturated carbocycles. The fourth-order valence-electron chi connectivity index (χ4n) is 1.34. The molecule has 0 aliphatic carbocycles. The first-order valence-electron chi connectivity index (χ1n) is 5.72. The normalized spacial score (nSPS) is 12.4. The molecule has 0 bridgehead atoms. The summed E-state index contributed by atoms with van der Waals surface area (Å²) in [7, 11) is 0. The predicted molar refractivity (Wildman–Crippen MR) is 66.3 cm³/mol. The van der Waals surface area contributed by atoms with Gasteiger partial charge in [-0.1, -0.05) is 13.3 Å². The van der Waals surface area contributed by atoms with Crippen LogP contribution < -0.4 is 0 Å². The molecule has 1 unspecified atom stereocenters. The molecule has 1 heterocycles. The Morgan fingerprint density at radius 3 is 2.94 bits per heavy atom.